The Morgan fingerprint density at radius 1 is 0.806 bits per heavy atom. The normalized spacial score (nSPS) is 12.7. The van der Waals surface area contributed by atoms with Crippen molar-refractivity contribution in [2.24, 2.45) is 0 Å². The average molecular weight is 477 g/mol. The van der Waals surface area contributed by atoms with Crippen LogP contribution in [0.2, 0.25) is 10.0 Å². The van der Waals surface area contributed by atoms with E-state index in [2.05, 4.69) is 0 Å². The summed E-state index contributed by atoms with van der Waals surface area (Å²) in [5, 5.41) is -0.148. The van der Waals surface area contributed by atoms with Crippen molar-refractivity contribution < 1.29 is 23.6 Å². The number of hydrogen-bond acceptors (Lipinski definition) is 5. The van der Waals surface area contributed by atoms with Crippen molar-refractivity contribution in [3.05, 3.63) is 87.4 Å². The Hall–Kier alpha value is -2.59. The first-order chi connectivity index (χ1) is 14.7. The van der Waals surface area contributed by atoms with E-state index in [1.54, 1.807) is 43.3 Å². The van der Waals surface area contributed by atoms with E-state index in [9.17, 15) is 14.2 Å². The number of methoxy groups -OCH3 is 2. The molecule has 0 bridgehead atoms. The Kier molecular flexibility index (Phi) is 6.90. The minimum atomic E-state index is -4.58. The van der Waals surface area contributed by atoms with Gasteiger partial charge >= 0.3 is 0 Å². The summed E-state index contributed by atoms with van der Waals surface area (Å²) in [5.74, 6) is 0.196. The molecule has 0 radical (unpaired) electrons. The molecule has 1 unspecified atom stereocenters. The summed E-state index contributed by atoms with van der Waals surface area (Å²) in [4.78, 5) is 27.4. The molecule has 3 aromatic carbocycles. The highest BCUT2D eigenvalue weighted by molar-refractivity contribution is 8.01. The van der Waals surface area contributed by atoms with E-state index in [4.69, 9.17) is 32.7 Å². The summed E-state index contributed by atoms with van der Waals surface area (Å²) >= 11 is 12.5. The number of hydrogen-bond donors (Lipinski definition) is 0. The zero-order chi connectivity index (χ0) is 22.8. The predicted octanol–water partition coefficient (Wildman–Crippen LogP) is 5.99. The summed E-state index contributed by atoms with van der Waals surface area (Å²) in [6.45, 7) is 1.78. The van der Waals surface area contributed by atoms with Gasteiger partial charge in [0.2, 0.25) is 11.0 Å². The van der Waals surface area contributed by atoms with E-state index in [0.29, 0.717) is 0 Å². The molecule has 3 aromatic rings. The molecule has 0 aromatic heterocycles. The van der Waals surface area contributed by atoms with E-state index in [1.807, 2.05) is 0 Å². The van der Waals surface area contributed by atoms with Gasteiger partial charge in [0, 0.05) is 5.56 Å². The van der Waals surface area contributed by atoms with E-state index < -0.39 is 18.2 Å². The van der Waals surface area contributed by atoms with Crippen LogP contribution in [0.3, 0.4) is 0 Å². The highest BCUT2D eigenvalue weighted by Gasteiger charge is 2.48. The van der Waals surface area contributed by atoms with E-state index in [1.165, 1.54) is 38.5 Å². The van der Waals surface area contributed by atoms with Gasteiger partial charge in [-0.25, -0.2) is 0 Å². The molecule has 0 aliphatic rings. The molecule has 0 amide bonds. The van der Waals surface area contributed by atoms with Gasteiger partial charge in [-0.15, -0.1) is 0 Å². The Morgan fingerprint density at radius 3 is 1.81 bits per heavy atom. The van der Waals surface area contributed by atoms with Crippen LogP contribution >= 0.6 is 30.3 Å². The van der Waals surface area contributed by atoms with Gasteiger partial charge in [-0.05, 0) is 36.8 Å². The maximum atomic E-state index is 14.6. The molecule has 0 heterocycles. The predicted molar refractivity (Wildman–Crippen MR) is 123 cm³/mol. The lowest BCUT2D eigenvalue weighted by molar-refractivity contribution is 0.104. The standard InChI is InChI=1S/C23H19Cl2O5P/c1-14-12-18(29-2)21(19(13-14)30-3)31(28,22(26)15-8-5-4-6-9-15)23(27)20-16(24)10-7-11-17(20)25/h4-13H,1-3H3. The van der Waals surface area contributed by atoms with Crippen LogP contribution in [0.15, 0.2) is 60.7 Å². The van der Waals surface area contributed by atoms with Gasteiger partial charge in [-0.1, -0.05) is 59.6 Å². The molecule has 0 saturated heterocycles. The second-order valence-corrected chi connectivity index (χ2v) is 9.99. The number of rotatable bonds is 7. The monoisotopic (exact) mass is 476 g/mol. The lowest BCUT2D eigenvalue weighted by atomic mass is 10.2. The van der Waals surface area contributed by atoms with Crippen molar-refractivity contribution in [2.45, 2.75) is 6.92 Å². The van der Waals surface area contributed by atoms with Gasteiger partial charge in [0.15, 0.2) is 0 Å². The minimum absolute atomic E-state index is 0.0105. The van der Waals surface area contributed by atoms with Crippen LogP contribution in [0.1, 0.15) is 26.3 Å². The molecular formula is C23H19Cl2O5P. The van der Waals surface area contributed by atoms with Crippen LogP contribution < -0.4 is 14.8 Å². The van der Waals surface area contributed by atoms with Crippen LogP contribution in [-0.2, 0) is 4.57 Å². The van der Waals surface area contributed by atoms with Gasteiger partial charge in [0.1, 0.15) is 16.8 Å². The van der Waals surface area contributed by atoms with Crippen LogP contribution in [0.4, 0.5) is 0 Å². The maximum Gasteiger partial charge on any atom is 0.256 e. The topological polar surface area (TPSA) is 69.7 Å². The largest absolute Gasteiger partial charge is 0.496 e. The van der Waals surface area contributed by atoms with Gasteiger partial charge in [-0.3, -0.25) is 9.59 Å². The molecule has 0 aliphatic heterocycles. The van der Waals surface area contributed by atoms with Crippen molar-refractivity contribution in [1.29, 1.82) is 0 Å². The number of carbonyl (C=O) groups is 2. The van der Waals surface area contributed by atoms with Crippen molar-refractivity contribution in [3.8, 4) is 11.5 Å². The first-order valence-corrected chi connectivity index (χ1v) is 11.6. The molecule has 0 aliphatic carbocycles. The third kappa shape index (κ3) is 4.14. The summed E-state index contributed by atoms with van der Waals surface area (Å²) in [6, 6.07) is 15.5. The molecule has 31 heavy (non-hydrogen) atoms. The Morgan fingerprint density at radius 2 is 1.32 bits per heavy atom. The van der Waals surface area contributed by atoms with Crippen LogP contribution in [0, 0.1) is 6.92 Å². The lowest BCUT2D eigenvalue weighted by Gasteiger charge is -2.22. The second kappa shape index (κ2) is 9.27. The summed E-state index contributed by atoms with van der Waals surface area (Å²) in [6.07, 6.45) is 0. The number of benzene rings is 3. The van der Waals surface area contributed by atoms with Crippen molar-refractivity contribution in [2.75, 3.05) is 14.2 Å². The van der Waals surface area contributed by atoms with Gasteiger partial charge in [0.25, 0.3) is 7.14 Å². The molecule has 1 atom stereocenters. The maximum absolute atomic E-state index is 14.6. The zero-order valence-corrected chi connectivity index (χ0v) is 19.4. The third-order valence-electron chi connectivity index (χ3n) is 4.71. The fourth-order valence-corrected chi connectivity index (χ4v) is 6.54. The fourth-order valence-electron chi connectivity index (χ4n) is 3.25. The first kappa shape index (κ1) is 23.1. The van der Waals surface area contributed by atoms with Crippen LogP contribution in [0.25, 0.3) is 0 Å². The zero-order valence-electron chi connectivity index (χ0n) is 17.0. The lowest BCUT2D eigenvalue weighted by Crippen LogP contribution is -2.24. The fraction of sp³-hybridized carbons (Fsp3) is 0.130. The van der Waals surface area contributed by atoms with E-state index in [0.717, 1.165) is 5.56 Å². The molecule has 0 fully saturated rings. The number of aryl methyl sites for hydroxylation is 1. The van der Waals surface area contributed by atoms with E-state index >= 15 is 0 Å². The van der Waals surface area contributed by atoms with Gasteiger partial charge < -0.3 is 14.0 Å². The van der Waals surface area contributed by atoms with Gasteiger partial charge in [-0.2, -0.15) is 0 Å². The summed E-state index contributed by atoms with van der Waals surface area (Å²) in [5.41, 5.74) is -1.21. The Bertz CT molecular complexity index is 1160. The summed E-state index contributed by atoms with van der Waals surface area (Å²) < 4.78 is 25.5. The number of carbonyl (C=O) groups excluding carboxylic acids is 2. The molecule has 5 nitrogen and oxygen atoms in total. The molecule has 0 N–H and O–H groups in total. The quantitative estimate of drug-likeness (QED) is 0.391. The third-order valence-corrected chi connectivity index (χ3v) is 8.03. The number of halogens is 2. The minimum Gasteiger partial charge on any atom is -0.496 e. The SMILES string of the molecule is COc1cc(C)cc(OC)c1P(=O)(C(=O)c1ccccc1)C(=O)c1c(Cl)cccc1Cl. The average Bonchev–Trinajstić information content (AvgIpc) is 2.77. The Labute approximate surface area is 190 Å². The molecular weight excluding hydrogens is 458 g/mol. The molecule has 160 valence electrons. The van der Waals surface area contributed by atoms with Crippen molar-refractivity contribution in [1.82, 2.24) is 0 Å². The molecule has 0 spiro atoms. The highest BCUT2D eigenvalue weighted by atomic mass is 35.5. The van der Waals surface area contributed by atoms with E-state index in [-0.39, 0.29) is 38.0 Å². The Balaban J connectivity index is 2.41. The second-order valence-electron chi connectivity index (χ2n) is 6.70. The number of ether oxygens (including phenoxy) is 2. The molecule has 8 heteroatoms. The highest BCUT2D eigenvalue weighted by Crippen LogP contribution is 2.56. The van der Waals surface area contributed by atoms with Crippen LogP contribution in [-0.4, -0.2) is 25.3 Å². The first-order valence-electron chi connectivity index (χ1n) is 9.17. The molecule has 0 saturated carbocycles. The van der Waals surface area contributed by atoms with Crippen molar-refractivity contribution in [3.63, 3.8) is 0 Å². The smallest absolute Gasteiger partial charge is 0.256 e. The van der Waals surface area contributed by atoms with Crippen molar-refractivity contribution >= 4 is 46.7 Å². The van der Waals surface area contributed by atoms with Crippen LogP contribution in [0.5, 0.6) is 11.5 Å². The molecule has 3 rings (SSSR count). The summed E-state index contributed by atoms with van der Waals surface area (Å²) in [7, 11) is -1.85. The van der Waals surface area contributed by atoms with Gasteiger partial charge in [0.05, 0.1) is 29.8 Å².